The van der Waals surface area contributed by atoms with Gasteiger partial charge in [-0.3, -0.25) is 4.79 Å². The van der Waals surface area contributed by atoms with Gasteiger partial charge in [0.15, 0.2) is 0 Å². The fraction of sp³-hybridized carbons (Fsp3) is 0.500. The molecule has 0 saturated carbocycles. The second kappa shape index (κ2) is 8.52. The van der Waals surface area contributed by atoms with Crippen LogP contribution in [-0.4, -0.2) is 17.8 Å². The molecule has 0 heterocycles. The van der Waals surface area contributed by atoms with Crippen LogP contribution in [0.2, 0.25) is 0 Å². The van der Waals surface area contributed by atoms with Gasteiger partial charge in [-0.25, -0.2) is 4.39 Å². The molecule has 1 unspecified atom stereocenters. The number of halogens is 2. The Morgan fingerprint density at radius 1 is 1.45 bits per heavy atom. The number of nitrogen functional groups attached to an aromatic ring is 1. The van der Waals surface area contributed by atoms with E-state index in [2.05, 4.69) is 15.9 Å². The third-order valence-electron chi connectivity index (χ3n) is 2.58. The molecule has 0 aliphatic carbocycles. The first-order chi connectivity index (χ1) is 9.49. The first kappa shape index (κ1) is 17.3. The topological polar surface area (TPSA) is 52.3 Å². The molecule has 0 aromatic heterocycles. The maximum Gasteiger partial charge on any atom is 0.319 e. The van der Waals surface area contributed by atoms with Gasteiger partial charge in [0.2, 0.25) is 0 Å². The molecule has 1 atom stereocenters. The van der Waals surface area contributed by atoms with Crippen molar-refractivity contribution in [2.75, 3.05) is 12.3 Å². The lowest BCUT2D eigenvalue weighted by atomic mass is 10.2. The van der Waals surface area contributed by atoms with Crippen molar-refractivity contribution in [3.05, 3.63) is 22.4 Å². The highest BCUT2D eigenvalue weighted by atomic mass is 79.9. The molecule has 0 fully saturated rings. The maximum absolute atomic E-state index is 13.3. The van der Waals surface area contributed by atoms with Gasteiger partial charge in [-0.05, 0) is 40.9 Å². The lowest BCUT2D eigenvalue weighted by molar-refractivity contribution is -0.143. The number of benzene rings is 1. The van der Waals surface area contributed by atoms with Gasteiger partial charge in [-0.1, -0.05) is 20.3 Å². The zero-order valence-electron chi connectivity index (χ0n) is 11.6. The Morgan fingerprint density at radius 3 is 2.75 bits per heavy atom. The molecule has 1 aromatic rings. The highest BCUT2D eigenvalue weighted by Gasteiger charge is 2.22. The zero-order chi connectivity index (χ0) is 15.1. The molecular weight excluding hydrogens is 345 g/mol. The van der Waals surface area contributed by atoms with Crippen LogP contribution < -0.4 is 5.73 Å². The molecule has 0 saturated heterocycles. The molecule has 6 heteroatoms. The van der Waals surface area contributed by atoms with Crippen molar-refractivity contribution in [1.82, 2.24) is 0 Å². The van der Waals surface area contributed by atoms with Crippen molar-refractivity contribution < 1.29 is 13.9 Å². The monoisotopic (exact) mass is 363 g/mol. The zero-order valence-corrected chi connectivity index (χ0v) is 14.0. The molecule has 20 heavy (non-hydrogen) atoms. The Balaban J connectivity index is 2.84. The predicted molar refractivity (Wildman–Crippen MR) is 84.3 cm³/mol. The average Bonchev–Trinajstić information content (AvgIpc) is 2.41. The van der Waals surface area contributed by atoms with Crippen molar-refractivity contribution >= 4 is 39.3 Å². The third kappa shape index (κ3) is 4.98. The molecule has 112 valence electrons. The number of nitrogens with two attached hydrogens (primary N) is 1. The Labute approximate surface area is 131 Å². The van der Waals surface area contributed by atoms with E-state index in [9.17, 15) is 9.18 Å². The minimum Gasteiger partial charge on any atom is -0.465 e. The minimum atomic E-state index is -0.471. The summed E-state index contributed by atoms with van der Waals surface area (Å²) >= 11 is 4.65. The number of hydrogen-bond donors (Lipinski definition) is 1. The van der Waals surface area contributed by atoms with E-state index >= 15 is 0 Å². The molecule has 0 bridgehead atoms. The van der Waals surface area contributed by atoms with Crippen molar-refractivity contribution in [3.63, 3.8) is 0 Å². The quantitative estimate of drug-likeness (QED) is 0.443. The summed E-state index contributed by atoms with van der Waals surface area (Å²) in [5.74, 6) is -0.699. The van der Waals surface area contributed by atoms with Crippen LogP contribution in [0.15, 0.2) is 21.5 Å². The highest BCUT2D eigenvalue weighted by Crippen LogP contribution is 2.35. The summed E-state index contributed by atoms with van der Waals surface area (Å²) < 4.78 is 19.1. The van der Waals surface area contributed by atoms with Crippen molar-refractivity contribution in [1.29, 1.82) is 0 Å². The number of anilines is 1. The van der Waals surface area contributed by atoms with Crippen LogP contribution >= 0.6 is 27.7 Å². The average molecular weight is 364 g/mol. The summed E-state index contributed by atoms with van der Waals surface area (Å²) in [6.07, 6.45) is 2.37. The van der Waals surface area contributed by atoms with E-state index in [4.69, 9.17) is 10.5 Å². The van der Waals surface area contributed by atoms with E-state index in [1.807, 2.05) is 13.8 Å². The van der Waals surface area contributed by atoms with Gasteiger partial charge in [0.25, 0.3) is 0 Å². The molecule has 1 aromatic carbocycles. The van der Waals surface area contributed by atoms with Gasteiger partial charge in [-0.15, -0.1) is 11.8 Å². The normalized spacial score (nSPS) is 12.2. The van der Waals surface area contributed by atoms with Crippen molar-refractivity contribution in [2.24, 2.45) is 0 Å². The minimum absolute atomic E-state index is 0.0767. The molecular formula is C14H19BrFNO2S. The van der Waals surface area contributed by atoms with Crippen LogP contribution in [0.25, 0.3) is 0 Å². The van der Waals surface area contributed by atoms with E-state index in [0.29, 0.717) is 17.5 Å². The van der Waals surface area contributed by atoms with Crippen LogP contribution in [0.3, 0.4) is 0 Å². The smallest absolute Gasteiger partial charge is 0.319 e. The third-order valence-corrected chi connectivity index (χ3v) is 4.81. The summed E-state index contributed by atoms with van der Waals surface area (Å²) in [6, 6.07) is 2.86. The number of rotatable bonds is 7. The Bertz CT molecular complexity index is 471. The van der Waals surface area contributed by atoms with Crippen LogP contribution in [0.5, 0.6) is 0 Å². The SMILES string of the molecule is CCCOC(=O)C(CCC)Sc1cc(N)c(F)cc1Br. The van der Waals surface area contributed by atoms with E-state index < -0.39 is 5.82 Å². The summed E-state index contributed by atoms with van der Waals surface area (Å²) in [7, 11) is 0. The van der Waals surface area contributed by atoms with Gasteiger partial charge in [-0.2, -0.15) is 0 Å². The first-order valence-electron chi connectivity index (χ1n) is 6.57. The molecule has 1 rings (SSSR count). The molecule has 0 radical (unpaired) electrons. The Kier molecular flexibility index (Phi) is 7.37. The Morgan fingerprint density at radius 2 is 2.15 bits per heavy atom. The first-order valence-corrected chi connectivity index (χ1v) is 8.24. The van der Waals surface area contributed by atoms with Crippen molar-refractivity contribution in [3.8, 4) is 0 Å². The highest BCUT2D eigenvalue weighted by molar-refractivity contribution is 9.10. The van der Waals surface area contributed by atoms with Crippen LogP contribution in [0.1, 0.15) is 33.1 Å². The molecule has 2 N–H and O–H groups in total. The number of esters is 1. The number of thioether (sulfide) groups is 1. The number of carbonyl (C=O) groups is 1. The van der Waals surface area contributed by atoms with E-state index in [1.54, 1.807) is 6.07 Å². The Hall–Kier alpha value is -0.750. The number of hydrogen-bond acceptors (Lipinski definition) is 4. The molecule has 0 aliphatic rings. The maximum atomic E-state index is 13.3. The van der Waals surface area contributed by atoms with Crippen LogP contribution in [0.4, 0.5) is 10.1 Å². The molecule has 3 nitrogen and oxygen atoms in total. The number of carbonyl (C=O) groups excluding carboxylic acids is 1. The summed E-state index contributed by atoms with van der Waals surface area (Å²) in [4.78, 5) is 12.7. The summed E-state index contributed by atoms with van der Waals surface area (Å²) in [6.45, 7) is 4.38. The van der Waals surface area contributed by atoms with Gasteiger partial charge < -0.3 is 10.5 Å². The second-order valence-corrected chi connectivity index (χ2v) is 6.47. The summed E-state index contributed by atoms with van der Waals surface area (Å²) in [5.41, 5.74) is 5.65. The molecule has 0 spiro atoms. The van der Waals surface area contributed by atoms with E-state index in [1.165, 1.54) is 17.8 Å². The fourth-order valence-corrected chi connectivity index (χ4v) is 3.36. The fourth-order valence-electron chi connectivity index (χ4n) is 1.57. The largest absolute Gasteiger partial charge is 0.465 e. The van der Waals surface area contributed by atoms with E-state index in [-0.39, 0.29) is 16.9 Å². The van der Waals surface area contributed by atoms with Gasteiger partial charge in [0.1, 0.15) is 11.1 Å². The summed E-state index contributed by atoms with van der Waals surface area (Å²) in [5, 5.41) is -0.298. The van der Waals surface area contributed by atoms with Crippen molar-refractivity contribution in [2.45, 2.75) is 43.3 Å². The van der Waals surface area contributed by atoms with Gasteiger partial charge in [0, 0.05) is 9.37 Å². The van der Waals surface area contributed by atoms with Gasteiger partial charge >= 0.3 is 5.97 Å². The second-order valence-electron chi connectivity index (χ2n) is 4.37. The molecule has 0 amide bonds. The predicted octanol–water partition coefficient (Wildman–Crippen LogP) is 4.38. The number of ether oxygens (including phenoxy) is 1. The molecule has 0 aliphatic heterocycles. The van der Waals surface area contributed by atoms with Crippen LogP contribution in [-0.2, 0) is 9.53 Å². The lowest BCUT2D eigenvalue weighted by Crippen LogP contribution is -2.20. The van der Waals surface area contributed by atoms with Gasteiger partial charge in [0.05, 0.1) is 12.3 Å². The standard InChI is InChI=1S/C14H19BrFNO2S/c1-3-5-12(14(18)19-6-4-2)20-13-8-11(17)10(16)7-9(13)15/h7-8,12H,3-6,17H2,1-2H3. The lowest BCUT2D eigenvalue weighted by Gasteiger charge is -2.16. The van der Waals surface area contributed by atoms with Crippen LogP contribution in [0, 0.1) is 5.82 Å². The van der Waals surface area contributed by atoms with E-state index in [0.717, 1.165) is 17.7 Å².